The molecule has 0 fully saturated rings. The van der Waals surface area contributed by atoms with Crippen molar-refractivity contribution in [2.24, 2.45) is 22.4 Å². The molecule has 0 radical (unpaired) electrons. The molecule has 0 bridgehead atoms. The van der Waals surface area contributed by atoms with Crippen LogP contribution in [-0.2, 0) is 19.2 Å². The number of aliphatic carboxylic acids is 2. The summed E-state index contributed by atoms with van der Waals surface area (Å²) in [6.45, 7) is 3.23. The Morgan fingerprint density at radius 3 is 2.16 bits per heavy atom. The van der Waals surface area contributed by atoms with E-state index in [0.717, 1.165) is 0 Å². The van der Waals surface area contributed by atoms with Crippen molar-refractivity contribution in [2.45, 2.75) is 38.8 Å². The van der Waals surface area contributed by atoms with Gasteiger partial charge in [-0.25, -0.2) is 9.79 Å². The third kappa shape index (κ3) is 9.43. The van der Waals surface area contributed by atoms with Crippen molar-refractivity contribution in [2.75, 3.05) is 0 Å². The van der Waals surface area contributed by atoms with Crippen LogP contribution in [0.4, 0.5) is 5.69 Å². The summed E-state index contributed by atoms with van der Waals surface area (Å²) in [5.74, 6) is -4.28. The Morgan fingerprint density at radius 1 is 1.06 bits per heavy atom. The number of hydrogen-bond acceptors (Lipinski definition) is 5. The largest absolute Gasteiger partial charge is 0.481 e. The zero-order valence-corrected chi connectivity index (χ0v) is 17.2. The number of carboxylic acid groups (broad SMARTS) is 2. The van der Waals surface area contributed by atoms with E-state index in [-0.39, 0.29) is 18.8 Å². The van der Waals surface area contributed by atoms with E-state index >= 15 is 0 Å². The number of carbonyl (C=O) groups excluding carboxylic acids is 2. The molecule has 0 aliphatic heterocycles. The van der Waals surface area contributed by atoms with Gasteiger partial charge in [-0.2, -0.15) is 0 Å². The van der Waals surface area contributed by atoms with E-state index in [9.17, 15) is 24.3 Å². The maximum Gasteiger partial charge on any atom is 0.326 e. The number of nitrogens with two attached hydrogens (primary N) is 2. The molecule has 168 valence electrons. The Hall–Kier alpha value is -3.89. The lowest BCUT2D eigenvalue weighted by atomic mass is 10.0. The van der Waals surface area contributed by atoms with Crippen LogP contribution in [0.3, 0.4) is 0 Å². The number of hydrogen-bond donors (Lipinski definition) is 6. The summed E-state index contributed by atoms with van der Waals surface area (Å²) < 4.78 is 0. The monoisotopic (exact) mass is 433 g/mol. The molecule has 0 unspecified atom stereocenters. The van der Waals surface area contributed by atoms with Gasteiger partial charge in [-0.3, -0.25) is 14.4 Å². The molecule has 1 rings (SSSR count). The number of aliphatic imine (C=N–C) groups is 1. The van der Waals surface area contributed by atoms with Crippen LogP contribution < -0.4 is 22.1 Å². The summed E-state index contributed by atoms with van der Waals surface area (Å²) >= 11 is 0. The molecule has 0 saturated heterocycles. The molecule has 2 amide bonds. The van der Waals surface area contributed by atoms with Crippen molar-refractivity contribution >= 4 is 41.5 Å². The van der Waals surface area contributed by atoms with Crippen molar-refractivity contribution in [3.05, 3.63) is 35.9 Å². The number of rotatable bonds is 11. The molecule has 0 saturated carbocycles. The summed E-state index contributed by atoms with van der Waals surface area (Å²) in [5.41, 5.74) is 11.8. The molecule has 1 aromatic carbocycles. The highest BCUT2D eigenvalue weighted by molar-refractivity contribution is 5.96. The molecular formula is C20H27N5O6. The van der Waals surface area contributed by atoms with Crippen molar-refractivity contribution in [3.8, 4) is 0 Å². The van der Waals surface area contributed by atoms with Gasteiger partial charge in [0, 0.05) is 12.5 Å². The third-order valence-electron chi connectivity index (χ3n) is 4.09. The van der Waals surface area contributed by atoms with Gasteiger partial charge < -0.3 is 32.3 Å². The van der Waals surface area contributed by atoms with Gasteiger partial charge >= 0.3 is 11.9 Å². The Kier molecular flexibility index (Phi) is 9.70. The van der Waals surface area contributed by atoms with Gasteiger partial charge in [0.1, 0.15) is 12.1 Å². The highest BCUT2D eigenvalue weighted by atomic mass is 16.4. The van der Waals surface area contributed by atoms with Crippen LogP contribution in [0.15, 0.2) is 35.3 Å². The molecule has 2 atom stereocenters. The molecule has 8 N–H and O–H groups in total. The van der Waals surface area contributed by atoms with Crippen molar-refractivity contribution in [3.63, 3.8) is 0 Å². The Bertz CT molecular complexity index is 859. The van der Waals surface area contributed by atoms with Crippen LogP contribution in [0.25, 0.3) is 6.08 Å². The van der Waals surface area contributed by atoms with E-state index in [1.165, 1.54) is 12.2 Å². The highest BCUT2D eigenvalue weighted by Crippen LogP contribution is 2.13. The van der Waals surface area contributed by atoms with E-state index in [4.69, 9.17) is 16.6 Å². The van der Waals surface area contributed by atoms with Crippen molar-refractivity contribution in [1.82, 2.24) is 10.6 Å². The first kappa shape index (κ1) is 25.1. The minimum Gasteiger partial charge on any atom is -0.481 e. The van der Waals surface area contributed by atoms with E-state index in [1.54, 1.807) is 38.1 Å². The molecule has 11 heteroatoms. The second kappa shape index (κ2) is 12.0. The summed E-state index contributed by atoms with van der Waals surface area (Å²) in [7, 11) is 0. The van der Waals surface area contributed by atoms with Gasteiger partial charge in [0.05, 0.1) is 5.69 Å². The number of carboxylic acids is 2. The molecule has 31 heavy (non-hydrogen) atoms. The lowest BCUT2D eigenvalue weighted by Gasteiger charge is -2.22. The van der Waals surface area contributed by atoms with E-state index in [0.29, 0.717) is 11.3 Å². The van der Waals surface area contributed by atoms with E-state index < -0.39 is 41.8 Å². The topological polar surface area (TPSA) is 197 Å². The summed E-state index contributed by atoms with van der Waals surface area (Å²) in [6, 6.07) is 4.23. The van der Waals surface area contributed by atoms with E-state index in [1.807, 2.05) is 0 Å². The Labute approximate surface area is 179 Å². The lowest BCUT2D eigenvalue weighted by molar-refractivity contribution is -0.144. The fraction of sp³-hybridized carbons (Fsp3) is 0.350. The molecule has 0 spiro atoms. The first-order valence-corrected chi connectivity index (χ1v) is 9.42. The fourth-order valence-electron chi connectivity index (χ4n) is 2.50. The highest BCUT2D eigenvalue weighted by Gasteiger charge is 2.28. The minimum atomic E-state index is -1.23. The Balaban J connectivity index is 2.85. The maximum absolute atomic E-state index is 12.5. The van der Waals surface area contributed by atoms with E-state index in [2.05, 4.69) is 15.6 Å². The molecule has 0 aromatic heterocycles. The number of amides is 2. The number of carbonyl (C=O) groups is 4. The predicted octanol–water partition coefficient (Wildman–Crippen LogP) is 0.180. The fourth-order valence-corrected chi connectivity index (χ4v) is 2.50. The van der Waals surface area contributed by atoms with Gasteiger partial charge in [-0.1, -0.05) is 26.0 Å². The number of nitrogens with one attached hydrogen (secondary N) is 2. The second-order valence-corrected chi connectivity index (χ2v) is 7.02. The average molecular weight is 433 g/mol. The first-order valence-electron chi connectivity index (χ1n) is 9.42. The van der Waals surface area contributed by atoms with Gasteiger partial charge in [-0.15, -0.1) is 0 Å². The maximum atomic E-state index is 12.5. The van der Waals surface area contributed by atoms with Crippen LogP contribution in [0, 0.1) is 5.92 Å². The zero-order chi connectivity index (χ0) is 23.6. The quantitative estimate of drug-likeness (QED) is 0.161. The van der Waals surface area contributed by atoms with Crippen LogP contribution in [0.2, 0.25) is 0 Å². The first-order chi connectivity index (χ1) is 14.5. The molecule has 0 heterocycles. The molecule has 0 aliphatic carbocycles. The smallest absolute Gasteiger partial charge is 0.326 e. The van der Waals surface area contributed by atoms with Crippen LogP contribution in [-0.4, -0.2) is 52.0 Å². The Morgan fingerprint density at radius 2 is 1.68 bits per heavy atom. The third-order valence-corrected chi connectivity index (χ3v) is 4.09. The van der Waals surface area contributed by atoms with Gasteiger partial charge in [-0.05, 0) is 36.1 Å². The minimum absolute atomic E-state index is 0.0871. The molecule has 0 aliphatic rings. The normalized spacial score (nSPS) is 12.7. The van der Waals surface area contributed by atoms with Crippen LogP contribution in [0.5, 0.6) is 0 Å². The second-order valence-electron chi connectivity index (χ2n) is 7.02. The molecule has 11 nitrogen and oxygen atoms in total. The number of nitrogens with zero attached hydrogens (tertiary/aromatic N) is 1. The lowest BCUT2D eigenvalue weighted by Crippen LogP contribution is -2.53. The van der Waals surface area contributed by atoms with Crippen molar-refractivity contribution in [1.29, 1.82) is 0 Å². The standard InChI is InChI=1S/C20H27N5O6/c1-11(2)17(19(30)31)25-18(29)14(8-10-16(27)28)24-15(26)9-5-12-3-6-13(7-4-12)23-20(21)22/h3-7,9,11,14,17H,8,10H2,1-2H3,(H,24,26)(H,25,29)(H,27,28)(H,30,31)(H4,21,22,23)/t14-,17-/m0/s1. The molecule has 1 aromatic rings. The van der Waals surface area contributed by atoms with Gasteiger partial charge in [0.2, 0.25) is 11.8 Å². The average Bonchev–Trinajstić information content (AvgIpc) is 2.67. The summed E-state index contributed by atoms with van der Waals surface area (Å²) in [4.78, 5) is 50.8. The number of benzene rings is 1. The van der Waals surface area contributed by atoms with Gasteiger partial charge in [0.15, 0.2) is 5.96 Å². The van der Waals surface area contributed by atoms with Crippen LogP contribution >= 0.6 is 0 Å². The molecular weight excluding hydrogens is 406 g/mol. The SMILES string of the molecule is CC(C)[C@H](NC(=O)[C@H](CCC(=O)O)NC(=O)C=Cc1ccc(N=C(N)N)cc1)C(=O)O. The summed E-state index contributed by atoms with van der Waals surface area (Å²) in [5, 5.41) is 22.9. The zero-order valence-electron chi connectivity index (χ0n) is 17.2. The summed E-state index contributed by atoms with van der Waals surface area (Å²) in [6.07, 6.45) is 2.08. The van der Waals surface area contributed by atoms with Crippen LogP contribution in [0.1, 0.15) is 32.3 Å². The number of guanidine groups is 1. The predicted molar refractivity (Wildman–Crippen MR) is 114 cm³/mol. The van der Waals surface area contributed by atoms with Crippen molar-refractivity contribution < 1.29 is 29.4 Å². The van der Waals surface area contributed by atoms with Gasteiger partial charge in [0.25, 0.3) is 0 Å².